The number of likely N-dealkylation sites (tertiary alicyclic amines) is 1. The first-order chi connectivity index (χ1) is 9.24. The van der Waals surface area contributed by atoms with E-state index in [0.29, 0.717) is 5.92 Å². The number of nitrogens with zero attached hydrogens (tertiary/aromatic N) is 2. The van der Waals surface area contributed by atoms with Crippen LogP contribution in [-0.4, -0.2) is 29.5 Å². The summed E-state index contributed by atoms with van der Waals surface area (Å²) in [4.78, 5) is 7.05. The third kappa shape index (κ3) is 3.50. The molecule has 5 heteroatoms. The molecular formula is C15H22ClN3S. The first-order valence-corrected chi connectivity index (χ1v) is 7.85. The molecule has 0 bridgehead atoms. The van der Waals surface area contributed by atoms with Gasteiger partial charge in [0, 0.05) is 13.1 Å². The average molecular weight is 312 g/mol. The van der Waals surface area contributed by atoms with Gasteiger partial charge in [-0.2, -0.15) is 0 Å². The molecule has 0 saturated carbocycles. The van der Waals surface area contributed by atoms with Gasteiger partial charge in [0.25, 0.3) is 0 Å². The average Bonchev–Trinajstić information content (AvgIpc) is 2.78. The highest BCUT2D eigenvalue weighted by Gasteiger charge is 2.18. The van der Waals surface area contributed by atoms with Gasteiger partial charge in [-0.3, -0.25) is 4.90 Å². The summed E-state index contributed by atoms with van der Waals surface area (Å²) in [6.07, 6.45) is 2.57. The molecule has 110 valence electrons. The van der Waals surface area contributed by atoms with E-state index in [0.717, 1.165) is 30.2 Å². The molecule has 1 aromatic carbocycles. The van der Waals surface area contributed by atoms with Crippen molar-refractivity contribution in [2.45, 2.75) is 26.3 Å². The third-order valence-electron chi connectivity index (χ3n) is 3.90. The lowest BCUT2D eigenvalue weighted by Crippen LogP contribution is -2.37. The highest BCUT2D eigenvalue weighted by Crippen LogP contribution is 2.24. The molecule has 2 aromatic rings. The molecule has 1 aromatic heterocycles. The van der Waals surface area contributed by atoms with Gasteiger partial charge in [0.15, 0.2) is 0 Å². The van der Waals surface area contributed by atoms with E-state index in [9.17, 15) is 0 Å². The van der Waals surface area contributed by atoms with Crippen molar-refractivity contribution < 1.29 is 0 Å². The van der Waals surface area contributed by atoms with Gasteiger partial charge >= 0.3 is 0 Å². The minimum absolute atomic E-state index is 0. The summed E-state index contributed by atoms with van der Waals surface area (Å²) in [6.45, 7) is 6.29. The molecule has 20 heavy (non-hydrogen) atoms. The van der Waals surface area contributed by atoms with Crippen molar-refractivity contribution in [3.63, 3.8) is 0 Å². The van der Waals surface area contributed by atoms with Crippen LogP contribution in [0.2, 0.25) is 0 Å². The summed E-state index contributed by atoms with van der Waals surface area (Å²) < 4.78 is 1.31. The molecule has 1 unspecified atom stereocenters. The molecule has 1 aliphatic heterocycles. The monoisotopic (exact) mass is 311 g/mol. The van der Waals surface area contributed by atoms with Crippen molar-refractivity contribution >= 4 is 34.0 Å². The van der Waals surface area contributed by atoms with Crippen molar-refractivity contribution in [1.82, 2.24) is 9.88 Å². The number of halogens is 1. The zero-order chi connectivity index (χ0) is 13.2. The fourth-order valence-electron chi connectivity index (χ4n) is 2.93. The molecular weight excluding hydrogens is 290 g/mol. The Hall–Kier alpha value is -0.680. The Morgan fingerprint density at radius 3 is 3.10 bits per heavy atom. The Labute approximate surface area is 130 Å². The summed E-state index contributed by atoms with van der Waals surface area (Å²) in [6, 6.07) is 6.66. The first kappa shape index (κ1) is 15.7. The number of aromatic nitrogens is 1. The first-order valence-electron chi connectivity index (χ1n) is 7.03. The fourth-order valence-corrected chi connectivity index (χ4v) is 3.82. The predicted octanol–water partition coefficient (Wildman–Crippen LogP) is 3.20. The Kier molecular flexibility index (Phi) is 5.38. The topological polar surface area (TPSA) is 42.2 Å². The normalized spacial score (nSPS) is 20.0. The Morgan fingerprint density at radius 1 is 1.45 bits per heavy atom. The van der Waals surface area contributed by atoms with Crippen LogP contribution >= 0.6 is 23.7 Å². The molecule has 3 nitrogen and oxygen atoms in total. The zero-order valence-electron chi connectivity index (χ0n) is 11.8. The molecule has 2 heterocycles. The maximum atomic E-state index is 5.80. The van der Waals surface area contributed by atoms with Gasteiger partial charge in [-0.05, 0) is 56.5 Å². The number of piperidine rings is 1. The minimum atomic E-state index is 0. The van der Waals surface area contributed by atoms with Gasteiger partial charge < -0.3 is 5.73 Å². The Balaban J connectivity index is 0.00000147. The molecule has 0 aliphatic carbocycles. The second-order valence-corrected chi connectivity index (χ2v) is 6.75. The van der Waals surface area contributed by atoms with E-state index in [1.807, 2.05) is 0 Å². The van der Waals surface area contributed by atoms with E-state index in [2.05, 4.69) is 35.0 Å². The van der Waals surface area contributed by atoms with Crippen molar-refractivity contribution in [2.75, 3.05) is 19.6 Å². The van der Waals surface area contributed by atoms with Gasteiger partial charge in [0.05, 0.1) is 15.2 Å². The van der Waals surface area contributed by atoms with E-state index < -0.39 is 0 Å². The molecule has 1 fully saturated rings. The number of nitrogens with two attached hydrogens (primary N) is 1. The van der Waals surface area contributed by atoms with Crippen LogP contribution in [0.4, 0.5) is 0 Å². The van der Waals surface area contributed by atoms with Gasteiger partial charge in [0.1, 0.15) is 0 Å². The van der Waals surface area contributed by atoms with E-state index in [4.69, 9.17) is 5.73 Å². The van der Waals surface area contributed by atoms with Crippen LogP contribution in [0.5, 0.6) is 0 Å². The van der Waals surface area contributed by atoms with E-state index in [1.165, 1.54) is 29.6 Å². The maximum absolute atomic E-state index is 5.80. The molecule has 3 rings (SSSR count). The summed E-state index contributed by atoms with van der Waals surface area (Å²) >= 11 is 1.78. The zero-order valence-corrected chi connectivity index (χ0v) is 13.5. The number of benzene rings is 1. The molecule has 2 N–H and O–H groups in total. The quantitative estimate of drug-likeness (QED) is 0.946. The van der Waals surface area contributed by atoms with Gasteiger partial charge in [-0.25, -0.2) is 4.98 Å². The second kappa shape index (κ2) is 6.85. The maximum Gasteiger partial charge on any atom is 0.0907 e. The van der Waals surface area contributed by atoms with Crippen molar-refractivity contribution in [1.29, 1.82) is 0 Å². The highest BCUT2D eigenvalue weighted by molar-refractivity contribution is 7.18. The summed E-state index contributed by atoms with van der Waals surface area (Å²) in [5.41, 5.74) is 8.33. The van der Waals surface area contributed by atoms with Crippen LogP contribution < -0.4 is 5.73 Å². The Bertz CT molecular complexity index is 569. The lowest BCUT2D eigenvalue weighted by atomic mass is 9.98. The molecule has 1 saturated heterocycles. The lowest BCUT2D eigenvalue weighted by molar-refractivity contribution is 0.171. The Morgan fingerprint density at radius 2 is 2.30 bits per heavy atom. The summed E-state index contributed by atoms with van der Waals surface area (Å²) in [7, 11) is 0. The SMILES string of the molecule is Cc1nc2ccc(CN3CCCC(CN)C3)cc2s1.Cl. The van der Waals surface area contributed by atoms with E-state index in [1.54, 1.807) is 11.3 Å². The largest absolute Gasteiger partial charge is 0.330 e. The van der Waals surface area contributed by atoms with Crippen LogP contribution in [0.15, 0.2) is 18.2 Å². The predicted molar refractivity (Wildman–Crippen MR) is 88.7 cm³/mol. The number of fused-ring (bicyclic) bond motifs is 1. The molecule has 1 aliphatic rings. The number of hydrogen-bond acceptors (Lipinski definition) is 4. The van der Waals surface area contributed by atoms with Gasteiger partial charge in [-0.1, -0.05) is 6.07 Å². The minimum Gasteiger partial charge on any atom is -0.330 e. The van der Waals surface area contributed by atoms with Crippen LogP contribution in [0.3, 0.4) is 0 Å². The van der Waals surface area contributed by atoms with Crippen LogP contribution in [0.1, 0.15) is 23.4 Å². The van der Waals surface area contributed by atoms with Gasteiger partial charge in [0.2, 0.25) is 0 Å². The van der Waals surface area contributed by atoms with Crippen LogP contribution in [0.25, 0.3) is 10.2 Å². The summed E-state index contributed by atoms with van der Waals surface area (Å²) in [5, 5.41) is 1.15. The molecule has 0 amide bonds. The van der Waals surface area contributed by atoms with E-state index in [-0.39, 0.29) is 12.4 Å². The van der Waals surface area contributed by atoms with Crippen molar-refractivity contribution in [2.24, 2.45) is 11.7 Å². The van der Waals surface area contributed by atoms with E-state index >= 15 is 0 Å². The highest BCUT2D eigenvalue weighted by atomic mass is 35.5. The number of rotatable bonds is 3. The number of aryl methyl sites for hydroxylation is 1. The smallest absolute Gasteiger partial charge is 0.0907 e. The number of hydrogen-bond donors (Lipinski definition) is 1. The van der Waals surface area contributed by atoms with Crippen molar-refractivity contribution in [3.8, 4) is 0 Å². The third-order valence-corrected chi connectivity index (χ3v) is 4.84. The molecule has 0 radical (unpaired) electrons. The number of thiazole rings is 1. The van der Waals surface area contributed by atoms with Crippen molar-refractivity contribution in [3.05, 3.63) is 28.8 Å². The van der Waals surface area contributed by atoms with Crippen LogP contribution in [0, 0.1) is 12.8 Å². The second-order valence-electron chi connectivity index (χ2n) is 5.51. The molecule has 1 atom stereocenters. The standard InChI is InChI=1S/C15H21N3S.ClH/c1-11-17-14-5-4-12(7-15(14)19-11)9-18-6-2-3-13(8-16)10-18;/h4-5,7,13H,2-3,6,8-10,16H2,1H3;1H. The van der Waals surface area contributed by atoms with Gasteiger partial charge in [-0.15, -0.1) is 23.7 Å². The van der Waals surface area contributed by atoms with Crippen LogP contribution in [-0.2, 0) is 6.54 Å². The fraction of sp³-hybridized carbons (Fsp3) is 0.533. The molecule has 0 spiro atoms. The summed E-state index contributed by atoms with van der Waals surface area (Å²) in [5.74, 6) is 0.683. The lowest BCUT2D eigenvalue weighted by Gasteiger charge is -2.32.